The van der Waals surface area contributed by atoms with Crippen LogP contribution in [0.15, 0.2) is 30.3 Å². The van der Waals surface area contributed by atoms with Gasteiger partial charge < -0.3 is 16.2 Å². The third kappa shape index (κ3) is 1.66. The van der Waals surface area contributed by atoms with Crippen molar-refractivity contribution < 1.29 is 9.90 Å². The summed E-state index contributed by atoms with van der Waals surface area (Å²) in [6.45, 7) is 0. The molecule has 0 radical (unpaired) electrons. The van der Waals surface area contributed by atoms with E-state index in [4.69, 9.17) is 5.73 Å². The molecule has 3 saturated carbocycles. The van der Waals surface area contributed by atoms with Crippen LogP contribution in [0.5, 0.6) is 5.75 Å². The number of phenolic OH excluding ortho intramolecular Hbond substituents is 1. The Bertz CT molecular complexity index is 854. The smallest absolute Gasteiger partial charge is 0.236 e. The van der Waals surface area contributed by atoms with Crippen LogP contribution in [0, 0.1) is 11.8 Å². The summed E-state index contributed by atoms with van der Waals surface area (Å²) >= 11 is 0. The molecule has 1 aliphatic heterocycles. The molecule has 1 aromatic heterocycles. The summed E-state index contributed by atoms with van der Waals surface area (Å²) in [4.78, 5) is 12.7. The third-order valence-corrected chi connectivity index (χ3v) is 6.07. The molecule has 1 spiro atoms. The Labute approximate surface area is 139 Å². The highest BCUT2D eigenvalue weighted by molar-refractivity contribution is 6.05. The van der Waals surface area contributed by atoms with Crippen molar-refractivity contribution in [3.05, 3.63) is 35.9 Å². The Balaban J connectivity index is 1.62. The summed E-state index contributed by atoms with van der Waals surface area (Å²) in [6.07, 6.45) is 2.67. The van der Waals surface area contributed by atoms with Crippen molar-refractivity contribution in [2.24, 2.45) is 17.6 Å². The molecule has 24 heavy (non-hydrogen) atoms. The zero-order valence-corrected chi connectivity index (χ0v) is 13.1. The fourth-order valence-electron chi connectivity index (χ4n) is 4.73. The number of hydrogen-bond acceptors (Lipinski definition) is 5. The first kappa shape index (κ1) is 13.9. The number of fused-ring (bicyclic) bond motifs is 1. The Morgan fingerprint density at radius 1 is 1.21 bits per heavy atom. The van der Waals surface area contributed by atoms with Crippen LogP contribution in [-0.2, 0) is 10.2 Å². The molecule has 2 heterocycles. The highest BCUT2D eigenvalue weighted by Crippen LogP contribution is 2.57. The summed E-state index contributed by atoms with van der Waals surface area (Å²) < 4.78 is 0. The second kappa shape index (κ2) is 4.54. The number of benzene rings is 1. The maximum Gasteiger partial charge on any atom is 0.236 e. The molecule has 1 aromatic carbocycles. The van der Waals surface area contributed by atoms with Gasteiger partial charge in [-0.2, -0.15) is 0 Å². The summed E-state index contributed by atoms with van der Waals surface area (Å²) in [6, 6.07) is 9.17. The lowest BCUT2D eigenvalue weighted by Gasteiger charge is -2.54. The van der Waals surface area contributed by atoms with E-state index in [-0.39, 0.29) is 17.7 Å². The Kier molecular flexibility index (Phi) is 2.63. The van der Waals surface area contributed by atoms with Gasteiger partial charge in [0.25, 0.3) is 0 Å². The van der Waals surface area contributed by atoms with Gasteiger partial charge in [-0.1, -0.05) is 12.1 Å². The number of phenols is 1. The van der Waals surface area contributed by atoms with E-state index in [1.807, 2.05) is 12.1 Å². The summed E-state index contributed by atoms with van der Waals surface area (Å²) in [5.41, 5.74) is 7.78. The van der Waals surface area contributed by atoms with Crippen molar-refractivity contribution in [3.8, 4) is 17.0 Å². The van der Waals surface area contributed by atoms with E-state index in [9.17, 15) is 9.90 Å². The number of carbonyl (C=O) groups is 1. The minimum absolute atomic E-state index is 0.0165. The average molecular weight is 322 g/mol. The first-order valence-corrected chi connectivity index (χ1v) is 8.32. The second-order valence-corrected chi connectivity index (χ2v) is 7.29. The summed E-state index contributed by atoms with van der Waals surface area (Å²) in [5.74, 6) is 1.54. The molecule has 2 bridgehead atoms. The largest absolute Gasteiger partial charge is 0.507 e. The zero-order chi connectivity index (χ0) is 16.5. The van der Waals surface area contributed by atoms with Gasteiger partial charge in [0.15, 0.2) is 5.82 Å². The molecule has 3 aliphatic carbocycles. The number of nitrogens with two attached hydrogens (primary N) is 1. The predicted octanol–water partition coefficient (Wildman–Crippen LogP) is 1.80. The van der Waals surface area contributed by atoms with Crippen LogP contribution in [0.25, 0.3) is 11.3 Å². The predicted molar refractivity (Wildman–Crippen MR) is 88.2 cm³/mol. The molecule has 1 amide bonds. The summed E-state index contributed by atoms with van der Waals surface area (Å²) in [5, 5.41) is 21.4. The van der Waals surface area contributed by atoms with Crippen LogP contribution in [0.1, 0.15) is 24.8 Å². The van der Waals surface area contributed by atoms with Crippen molar-refractivity contribution in [3.63, 3.8) is 0 Å². The van der Waals surface area contributed by atoms with E-state index in [1.165, 1.54) is 0 Å². The number of nitrogens with one attached hydrogen (secondary N) is 1. The van der Waals surface area contributed by atoms with Gasteiger partial charge in [-0.3, -0.25) is 4.79 Å². The second-order valence-electron chi connectivity index (χ2n) is 7.29. The van der Waals surface area contributed by atoms with Gasteiger partial charge in [-0.05, 0) is 49.3 Å². The molecular formula is C18H18N4O2. The van der Waals surface area contributed by atoms with E-state index in [1.54, 1.807) is 18.2 Å². The molecule has 2 unspecified atom stereocenters. The van der Waals surface area contributed by atoms with Crippen LogP contribution in [-0.4, -0.2) is 27.3 Å². The normalized spacial score (nSPS) is 33.0. The fraction of sp³-hybridized carbons (Fsp3) is 0.389. The maximum atomic E-state index is 12.7. The number of rotatable bonds is 1. The van der Waals surface area contributed by atoms with Gasteiger partial charge in [0.1, 0.15) is 5.75 Å². The molecule has 0 saturated heterocycles. The minimum Gasteiger partial charge on any atom is -0.507 e. The van der Waals surface area contributed by atoms with Crippen LogP contribution in [0.3, 0.4) is 0 Å². The van der Waals surface area contributed by atoms with Gasteiger partial charge in [-0.25, -0.2) is 0 Å². The number of amides is 1. The van der Waals surface area contributed by atoms with Crippen molar-refractivity contribution in [1.29, 1.82) is 0 Å². The quantitative estimate of drug-likeness (QED) is 0.743. The Morgan fingerprint density at radius 3 is 2.67 bits per heavy atom. The number of nitrogens with zero attached hydrogens (tertiary/aromatic N) is 2. The SMILES string of the molecule is NC1C2CC1CC1(C2)C(=O)Nc2nnc(-c3ccccc3O)cc21. The highest BCUT2D eigenvalue weighted by Gasteiger charge is 2.59. The highest BCUT2D eigenvalue weighted by atomic mass is 16.3. The number of aromatic nitrogens is 2. The molecule has 4 aliphatic rings. The first-order valence-electron chi connectivity index (χ1n) is 8.32. The molecule has 122 valence electrons. The van der Waals surface area contributed by atoms with E-state index in [0.29, 0.717) is 28.9 Å². The fourth-order valence-corrected chi connectivity index (χ4v) is 4.73. The molecule has 2 aromatic rings. The standard InChI is InChI=1S/C18H18N4O2/c19-15-9-5-10(15)8-18(7-9)12-6-13(11-3-1-2-4-14(11)23)21-22-16(12)20-17(18)24/h1-4,6,9-10,15,23H,5,7-8,19H2,(H,20,22,24). The maximum absolute atomic E-state index is 12.7. The van der Waals surface area contributed by atoms with E-state index in [0.717, 1.165) is 24.8 Å². The molecular weight excluding hydrogens is 304 g/mol. The van der Waals surface area contributed by atoms with Gasteiger partial charge in [0, 0.05) is 17.2 Å². The van der Waals surface area contributed by atoms with Crippen molar-refractivity contribution in [1.82, 2.24) is 10.2 Å². The average Bonchev–Trinajstić information content (AvgIpc) is 2.86. The Morgan fingerprint density at radius 2 is 1.96 bits per heavy atom. The molecule has 3 fully saturated rings. The lowest BCUT2D eigenvalue weighted by Crippen LogP contribution is -2.59. The number of anilines is 1. The molecule has 6 nitrogen and oxygen atoms in total. The number of aromatic hydroxyl groups is 1. The van der Waals surface area contributed by atoms with Crippen molar-refractivity contribution >= 4 is 11.7 Å². The third-order valence-electron chi connectivity index (χ3n) is 6.07. The Hall–Kier alpha value is -2.47. The van der Waals surface area contributed by atoms with Crippen LogP contribution < -0.4 is 11.1 Å². The molecule has 6 heteroatoms. The van der Waals surface area contributed by atoms with Gasteiger partial charge >= 0.3 is 0 Å². The van der Waals surface area contributed by atoms with Crippen LogP contribution in [0.2, 0.25) is 0 Å². The lowest BCUT2D eigenvalue weighted by molar-refractivity contribution is -0.126. The zero-order valence-electron chi connectivity index (χ0n) is 13.1. The molecule has 2 atom stereocenters. The van der Waals surface area contributed by atoms with E-state index < -0.39 is 5.41 Å². The van der Waals surface area contributed by atoms with Gasteiger partial charge in [0.05, 0.1) is 11.1 Å². The number of para-hydroxylation sites is 1. The molecule has 4 N–H and O–H groups in total. The first-order chi connectivity index (χ1) is 11.6. The lowest BCUT2D eigenvalue weighted by atomic mass is 9.51. The van der Waals surface area contributed by atoms with E-state index >= 15 is 0 Å². The topological polar surface area (TPSA) is 101 Å². The van der Waals surface area contributed by atoms with E-state index in [2.05, 4.69) is 15.5 Å². The number of hydrogen-bond donors (Lipinski definition) is 3. The monoisotopic (exact) mass is 322 g/mol. The van der Waals surface area contributed by atoms with Gasteiger partial charge in [0.2, 0.25) is 5.91 Å². The van der Waals surface area contributed by atoms with Crippen LogP contribution >= 0.6 is 0 Å². The minimum atomic E-state index is -0.534. The molecule has 6 rings (SSSR count). The number of carbonyl (C=O) groups excluding carboxylic acids is 1. The summed E-state index contributed by atoms with van der Waals surface area (Å²) in [7, 11) is 0. The van der Waals surface area contributed by atoms with Crippen molar-refractivity contribution in [2.45, 2.75) is 30.7 Å². The van der Waals surface area contributed by atoms with Gasteiger partial charge in [-0.15, -0.1) is 10.2 Å². The van der Waals surface area contributed by atoms with Crippen LogP contribution in [0.4, 0.5) is 5.82 Å². The van der Waals surface area contributed by atoms with Crippen molar-refractivity contribution in [2.75, 3.05) is 5.32 Å².